The van der Waals surface area contributed by atoms with Gasteiger partial charge in [0.2, 0.25) is 0 Å². The monoisotopic (exact) mass is 174 g/mol. The molecule has 54 valence electrons. The van der Waals surface area contributed by atoms with Crippen molar-refractivity contribution < 1.29 is 30.8 Å². The van der Waals surface area contributed by atoms with Crippen molar-refractivity contribution in [1.82, 2.24) is 0 Å². The fourth-order valence-electron chi connectivity index (χ4n) is 0.203. The van der Waals surface area contributed by atoms with Gasteiger partial charge in [-0.2, -0.15) is 0 Å². The summed E-state index contributed by atoms with van der Waals surface area (Å²) in [6.07, 6.45) is 0. The van der Waals surface area contributed by atoms with Crippen LogP contribution < -0.4 is 0 Å². The second-order valence-corrected chi connectivity index (χ2v) is 1.48. The van der Waals surface area contributed by atoms with Crippen LogP contribution in [0.25, 0.3) is 0 Å². The minimum absolute atomic E-state index is 0. The largest absolute Gasteiger partial charge is 2.00 e. The molecule has 0 N–H and O–H groups in total. The fraction of sp³-hybridized carbons (Fsp3) is 0.600. The minimum atomic E-state index is -0.416. The first kappa shape index (κ1) is 11.4. The topological polar surface area (TPSA) is 43.4 Å². The SMILES string of the molecule is CC(=O)COC(C)=O.[Ni+2]. The van der Waals surface area contributed by atoms with Gasteiger partial charge in [-0.3, -0.25) is 9.59 Å². The van der Waals surface area contributed by atoms with Crippen molar-refractivity contribution in [2.75, 3.05) is 6.61 Å². The zero-order valence-electron chi connectivity index (χ0n) is 5.25. The van der Waals surface area contributed by atoms with E-state index >= 15 is 0 Å². The summed E-state index contributed by atoms with van der Waals surface area (Å²) in [6, 6.07) is 0. The van der Waals surface area contributed by atoms with Gasteiger partial charge in [-0.15, -0.1) is 0 Å². The molecule has 0 bridgehead atoms. The van der Waals surface area contributed by atoms with Gasteiger partial charge in [0.15, 0.2) is 5.78 Å². The normalized spacial score (nSPS) is 7.33. The van der Waals surface area contributed by atoms with Gasteiger partial charge in [0.1, 0.15) is 6.61 Å². The van der Waals surface area contributed by atoms with Crippen molar-refractivity contribution >= 4 is 11.8 Å². The molecule has 0 fully saturated rings. The van der Waals surface area contributed by atoms with Crippen LogP contribution in [0.1, 0.15) is 13.8 Å². The van der Waals surface area contributed by atoms with E-state index in [1.54, 1.807) is 0 Å². The van der Waals surface area contributed by atoms with E-state index in [4.69, 9.17) is 0 Å². The standard InChI is InChI=1S/C5H8O3.Ni/c1-4(6)3-8-5(2)7;/h3H2,1-2H3;/q;+2. The number of ether oxygens (including phenoxy) is 1. The van der Waals surface area contributed by atoms with Crippen LogP contribution in [-0.4, -0.2) is 18.4 Å². The summed E-state index contributed by atoms with van der Waals surface area (Å²) in [4.78, 5) is 20.0. The van der Waals surface area contributed by atoms with E-state index in [2.05, 4.69) is 4.74 Å². The van der Waals surface area contributed by atoms with Crippen LogP contribution in [0.3, 0.4) is 0 Å². The first-order valence-corrected chi connectivity index (χ1v) is 2.25. The van der Waals surface area contributed by atoms with Gasteiger partial charge in [-0.25, -0.2) is 0 Å². The number of rotatable bonds is 2. The Labute approximate surface area is 63.7 Å². The molecule has 9 heavy (non-hydrogen) atoms. The summed E-state index contributed by atoms with van der Waals surface area (Å²) >= 11 is 0. The van der Waals surface area contributed by atoms with Gasteiger partial charge in [0, 0.05) is 6.92 Å². The maximum atomic E-state index is 10.1. The third-order valence-corrected chi connectivity index (χ3v) is 0.479. The van der Waals surface area contributed by atoms with E-state index in [9.17, 15) is 9.59 Å². The Morgan fingerprint density at radius 3 is 1.89 bits per heavy atom. The van der Waals surface area contributed by atoms with Gasteiger partial charge in [0.25, 0.3) is 0 Å². The molecule has 0 amide bonds. The van der Waals surface area contributed by atoms with Crippen molar-refractivity contribution in [2.24, 2.45) is 0 Å². The Balaban J connectivity index is 0. The van der Waals surface area contributed by atoms with Crippen LogP contribution in [0, 0.1) is 0 Å². The Kier molecular flexibility index (Phi) is 7.32. The second-order valence-electron chi connectivity index (χ2n) is 1.48. The van der Waals surface area contributed by atoms with Crippen molar-refractivity contribution in [3.63, 3.8) is 0 Å². The molecule has 0 atom stereocenters. The van der Waals surface area contributed by atoms with Crippen LogP contribution >= 0.6 is 0 Å². The molecule has 0 heterocycles. The number of ketones is 1. The van der Waals surface area contributed by atoms with E-state index in [-0.39, 0.29) is 28.9 Å². The van der Waals surface area contributed by atoms with Crippen molar-refractivity contribution in [3.05, 3.63) is 0 Å². The fourth-order valence-corrected chi connectivity index (χ4v) is 0.203. The van der Waals surface area contributed by atoms with Gasteiger partial charge < -0.3 is 4.74 Å². The summed E-state index contributed by atoms with van der Waals surface area (Å²) in [7, 11) is 0. The van der Waals surface area contributed by atoms with E-state index < -0.39 is 5.97 Å². The molecular weight excluding hydrogens is 167 g/mol. The van der Waals surface area contributed by atoms with Crippen LogP contribution in [-0.2, 0) is 30.8 Å². The van der Waals surface area contributed by atoms with E-state index in [0.717, 1.165) is 0 Å². The van der Waals surface area contributed by atoms with Gasteiger partial charge in [-0.1, -0.05) is 0 Å². The maximum Gasteiger partial charge on any atom is 2.00 e. The molecule has 0 spiro atoms. The Bertz CT molecular complexity index is 96.8. The second kappa shape index (κ2) is 5.76. The third kappa shape index (κ3) is 11.3. The zero-order chi connectivity index (χ0) is 6.57. The molecule has 0 aromatic rings. The number of Topliss-reactive ketones (excluding diaryl/α,β-unsaturated/α-hetero) is 1. The van der Waals surface area contributed by atoms with Crippen LogP contribution in [0.5, 0.6) is 0 Å². The van der Waals surface area contributed by atoms with Crippen LogP contribution in [0.4, 0.5) is 0 Å². The number of carbonyl (C=O) groups excluding carboxylic acids is 2. The molecule has 4 heteroatoms. The molecule has 0 aromatic heterocycles. The average molecular weight is 175 g/mol. The van der Waals surface area contributed by atoms with Crippen molar-refractivity contribution in [1.29, 1.82) is 0 Å². The summed E-state index contributed by atoms with van der Waals surface area (Å²) in [6.45, 7) is 2.53. The molecular formula is C5H8NiO3+2. The molecule has 0 saturated heterocycles. The molecule has 0 aliphatic heterocycles. The molecule has 0 unspecified atom stereocenters. The number of hydrogen-bond acceptors (Lipinski definition) is 3. The quantitative estimate of drug-likeness (QED) is 0.442. The summed E-state index contributed by atoms with van der Waals surface area (Å²) in [5.74, 6) is -0.555. The molecule has 0 aliphatic rings. The zero-order valence-corrected chi connectivity index (χ0v) is 6.24. The van der Waals surface area contributed by atoms with Gasteiger partial charge in [0.05, 0.1) is 0 Å². The van der Waals surface area contributed by atoms with E-state index in [1.807, 2.05) is 0 Å². The average Bonchev–Trinajstić information content (AvgIpc) is 1.61. The van der Waals surface area contributed by atoms with Crippen LogP contribution in [0.2, 0.25) is 0 Å². The number of hydrogen-bond donors (Lipinski definition) is 0. The molecule has 0 rings (SSSR count). The molecule has 0 radical (unpaired) electrons. The smallest absolute Gasteiger partial charge is 0.458 e. The van der Waals surface area contributed by atoms with Gasteiger partial charge in [-0.05, 0) is 6.92 Å². The Morgan fingerprint density at radius 2 is 1.78 bits per heavy atom. The molecule has 0 saturated carbocycles. The van der Waals surface area contributed by atoms with Gasteiger partial charge >= 0.3 is 22.5 Å². The Morgan fingerprint density at radius 1 is 1.33 bits per heavy atom. The van der Waals surface area contributed by atoms with Crippen molar-refractivity contribution in [3.8, 4) is 0 Å². The predicted molar refractivity (Wildman–Crippen MR) is 27.3 cm³/mol. The van der Waals surface area contributed by atoms with Crippen LogP contribution in [0.15, 0.2) is 0 Å². The maximum absolute atomic E-state index is 10.1. The first-order valence-electron chi connectivity index (χ1n) is 2.25. The van der Waals surface area contributed by atoms with E-state index in [1.165, 1.54) is 13.8 Å². The number of esters is 1. The minimum Gasteiger partial charge on any atom is -0.458 e. The first-order chi connectivity index (χ1) is 3.63. The predicted octanol–water partition coefficient (Wildman–Crippen LogP) is 0.136. The van der Waals surface area contributed by atoms with Crippen molar-refractivity contribution in [2.45, 2.75) is 13.8 Å². The summed E-state index contributed by atoms with van der Waals surface area (Å²) < 4.78 is 4.31. The number of carbonyl (C=O) groups is 2. The van der Waals surface area contributed by atoms with E-state index in [0.29, 0.717) is 0 Å². The Hall–Kier alpha value is -0.366. The third-order valence-electron chi connectivity index (χ3n) is 0.479. The summed E-state index contributed by atoms with van der Waals surface area (Å²) in [5, 5.41) is 0. The molecule has 0 aromatic carbocycles. The molecule has 3 nitrogen and oxygen atoms in total. The summed E-state index contributed by atoms with van der Waals surface area (Å²) in [5.41, 5.74) is 0. The molecule has 0 aliphatic carbocycles.